The van der Waals surface area contributed by atoms with Gasteiger partial charge < -0.3 is 15.0 Å². The van der Waals surface area contributed by atoms with Crippen LogP contribution < -0.4 is 15.6 Å². The zero-order chi connectivity index (χ0) is 22.2. The van der Waals surface area contributed by atoms with Gasteiger partial charge in [0, 0.05) is 4.88 Å². The van der Waals surface area contributed by atoms with E-state index in [1.807, 2.05) is 31.2 Å². The number of thioether (sulfide) groups is 1. The van der Waals surface area contributed by atoms with Crippen LogP contribution in [-0.2, 0) is 12.8 Å². The van der Waals surface area contributed by atoms with Crippen molar-refractivity contribution < 1.29 is 4.74 Å². The first-order valence-corrected chi connectivity index (χ1v) is 13.0. The van der Waals surface area contributed by atoms with Crippen LogP contribution in [0.5, 0.6) is 5.75 Å². The fourth-order valence-corrected chi connectivity index (χ4v) is 7.29. The number of aromatic amines is 1. The van der Waals surface area contributed by atoms with E-state index in [4.69, 9.17) is 9.72 Å². The monoisotopic (exact) mass is 485 g/mol. The summed E-state index contributed by atoms with van der Waals surface area (Å²) in [6.45, 7) is 4.30. The van der Waals surface area contributed by atoms with E-state index in [-0.39, 0.29) is 10.8 Å². The molecule has 0 amide bonds. The average molecular weight is 486 g/mol. The van der Waals surface area contributed by atoms with Crippen LogP contribution in [0.25, 0.3) is 10.2 Å². The Hall–Kier alpha value is -2.43. The van der Waals surface area contributed by atoms with Gasteiger partial charge in [-0.05, 0) is 49.8 Å². The van der Waals surface area contributed by atoms with Gasteiger partial charge in [0.1, 0.15) is 16.4 Å². The number of methoxy groups -OCH3 is 1. The number of rotatable bonds is 6. The molecular weight excluding hydrogens is 462 g/mol. The number of hydrogen-bond acceptors (Lipinski definition) is 9. The van der Waals surface area contributed by atoms with Crippen LogP contribution in [0.2, 0.25) is 0 Å². The molecule has 4 aromatic rings. The summed E-state index contributed by atoms with van der Waals surface area (Å²) >= 11 is 4.67. The Morgan fingerprint density at radius 3 is 2.97 bits per heavy atom. The molecule has 1 aliphatic carbocycles. The number of benzene rings is 1. The lowest BCUT2D eigenvalue weighted by atomic mass is 9.89. The van der Waals surface area contributed by atoms with Crippen molar-refractivity contribution in [1.29, 1.82) is 0 Å². The predicted octanol–water partition coefficient (Wildman–Crippen LogP) is 5.57. The molecule has 0 saturated carbocycles. The minimum atomic E-state index is -0.0581. The van der Waals surface area contributed by atoms with Gasteiger partial charge in [0.2, 0.25) is 5.13 Å². The molecule has 2 N–H and O–H groups in total. The zero-order valence-electron chi connectivity index (χ0n) is 18.0. The van der Waals surface area contributed by atoms with Crippen molar-refractivity contribution in [3.05, 3.63) is 50.9 Å². The standard InChI is InChI=1S/C22H23N5O2S3/c1-11-8-9-13-16(10-11)31-20-17(13)19(28)24-18(25-20)12(2)30-22-27-26-21(32-22)23-14-6-4-5-7-15(14)29-3/h4-7,11-12H,8-10H2,1-3H3,(H,23,26)(H,24,25,28). The normalized spacial score (nSPS) is 16.7. The van der Waals surface area contributed by atoms with Crippen LogP contribution in [-0.4, -0.2) is 27.3 Å². The minimum Gasteiger partial charge on any atom is -0.495 e. The highest BCUT2D eigenvalue weighted by Crippen LogP contribution is 2.39. The molecule has 0 radical (unpaired) electrons. The van der Waals surface area contributed by atoms with E-state index in [1.54, 1.807) is 18.4 Å². The van der Waals surface area contributed by atoms with Crippen LogP contribution in [0.15, 0.2) is 33.4 Å². The molecule has 10 heteroatoms. The van der Waals surface area contributed by atoms with Crippen molar-refractivity contribution in [3.8, 4) is 5.75 Å². The Balaban J connectivity index is 1.35. The van der Waals surface area contributed by atoms with Crippen LogP contribution in [0, 0.1) is 5.92 Å². The second kappa shape index (κ2) is 8.84. The number of aromatic nitrogens is 4. The number of nitrogens with zero attached hydrogens (tertiary/aromatic N) is 3. The summed E-state index contributed by atoms with van der Waals surface area (Å²) in [5.41, 5.74) is 2.02. The molecule has 1 aromatic carbocycles. The largest absolute Gasteiger partial charge is 0.495 e. The second-order valence-corrected chi connectivity index (χ2v) is 11.6. The molecule has 0 spiro atoms. The number of H-pyrrole nitrogens is 1. The third kappa shape index (κ3) is 4.14. The Morgan fingerprint density at radius 1 is 1.28 bits per heavy atom. The van der Waals surface area contributed by atoms with Gasteiger partial charge in [0.15, 0.2) is 4.34 Å². The third-order valence-electron chi connectivity index (χ3n) is 5.60. The molecule has 0 bridgehead atoms. The lowest BCUT2D eigenvalue weighted by Gasteiger charge is -2.17. The summed E-state index contributed by atoms with van der Waals surface area (Å²) in [6.07, 6.45) is 3.15. The molecule has 2 unspecified atom stereocenters. The summed E-state index contributed by atoms with van der Waals surface area (Å²) in [6, 6.07) is 7.68. The van der Waals surface area contributed by atoms with Crippen molar-refractivity contribution in [1.82, 2.24) is 20.2 Å². The van der Waals surface area contributed by atoms with Gasteiger partial charge in [-0.1, -0.05) is 42.2 Å². The molecule has 5 rings (SSSR count). The van der Waals surface area contributed by atoms with Gasteiger partial charge in [0.25, 0.3) is 5.56 Å². The maximum absolute atomic E-state index is 12.9. The van der Waals surface area contributed by atoms with E-state index < -0.39 is 0 Å². The van der Waals surface area contributed by atoms with Crippen molar-refractivity contribution in [2.75, 3.05) is 12.4 Å². The summed E-state index contributed by atoms with van der Waals surface area (Å²) in [5.74, 6) is 2.08. The van der Waals surface area contributed by atoms with Gasteiger partial charge in [-0.25, -0.2) is 4.98 Å². The summed E-state index contributed by atoms with van der Waals surface area (Å²) in [5, 5.41) is 13.2. The predicted molar refractivity (Wildman–Crippen MR) is 132 cm³/mol. The zero-order valence-corrected chi connectivity index (χ0v) is 20.4. The SMILES string of the molecule is COc1ccccc1Nc1nnc(SC(C)c2nc3sc4c(c3c(=O)[nH]2)CCC(C)C4)s1. The number of ether oxygens (including phenoxy) is 1. The number of thiophene rings is 1. The van der Waals surface area contributed by atoms with E-state index in [9.17, 15) is 4.79 Å². The van der Waals surface area contributed by atoms with Crippen LogP contribution in [0.3, 0.4) is 0 Å². The van der Waals surface area contributed by atoms with Gasteiger partial charge in [0.05, 0.1) is 23.4 Å². The first kappa shape index (κ1) is 21.4. The summed E-state index contributed by atoms with van der Waals surface area (Å²) < 4.78 is 6.18. The number of para-hydroxylation sites is 2. The van der Waals surface area contributed by atoms with E-state index >= 15 is 0 Å². The Kier molecular flexibility index (Phi) is 5.92. The molecule has 1 aliphatic rings. The average Bonchev–Trinajstić information content (AvgIpc) is 3.37. The van der Waals surface area contributed by atoms with Gasteiger partial charge in [-0.2, -0.15) is 0 Å². The summed E-state index contributed by atoms with van der Waals surface area (Å²) in [7, 11) is 1.64. The van der Waals surface area contributed by atoms with Crippen LogP contribution >= 0.6 is 34.4 Å². The number of hydrogen-bond donors (Lipinski definition) is 2. The lowest BCUT2D eigenvalue weighted by Crippen LogP contribution is -2.15. The maximum Gasteiger partial charge on any atom is 0.259 e. The van der Waals surface area contributed by atoms with Gasteiger partial charge in [-0.3, -0.25) is 4.79 Å². The van der Waals surface area contributed by atoms with Crippen molar-refractivity contribution in [3.63, 3.8) is 0 Å². The highest BCUT2D eigenvalue weighted by Gasteiger charge is 2.24. The smallest absolute Gasteiger partial charge is 0.259 e. The maximum atomic E-state index is 12.9. The molecule has 0 aliphatic heterocycles. The van der Waals surface area contributed by atoms with Gasteiger partial charge in [-0.15, -0.1) is 21.5 Å². The quantitative estimate of drug-likeness (QED) is 0.345. The molecule has 0 saturated heterocycles. The Labute approximate surface area is 197 Å². The molecular formula is C22H23N5O2S3. The highest BCUT2D eigenvalue weighted by atomic mass is 32.2. The van der Waals surface area contributed by atoms with Crippen molar-refractivity contribution >= 4 is 55.5 Å². The van der Waals surface area contributed by atoms with E-state index in [0.29, 0.717) is 16.9 Å². The highest BCUT2D eigenvalue weighted by molar-refractivity contribution is 8.01. The minimum absolute atomic E-state index is 0.0275. The molecule has 2 atom stereocenters. The second-order valence-electron chi connectivity index (χ2n) is 7.94. The molecule has 0 fully saturated rings. The van der Waals surface area contributed by atoms with Gasteiger partial charge >= 0.3 is 0 Å². The number of nitrogens with one attached hydrogen (secondary N) is 2. The lowest BCUT2D eigenvalue weighted by molar-refractivity contribution is 0.417. The van der Waals surface area contributed by atoms with E-state index in [1.165, 1.54) is 33.5 Å². The molecule has 32 heavy (non-hydrogen) atoms. The first-order chi connectivity index (χ1) is 15.5. The molecule has 3 aromatic heterocycles. The molecule has 3 heterocycles. The number of anilines is 2. The summed E-state index contributed by atoms with van der Waals surface area (Å²) in [4.78, 5) is 22.9. The van der Waals surface area contributed by atoms with Crippen LogP contribution in [0.1, 0.15) is 41.8 Å². The number of aryl methyl sites for hydroxylation is 1. The fraction of sp³-hybridized carbons (Fsp3) is 0.364. The third-order valence-corrected chi connectivity index (χ3v) is 8.78. The van der Waals surface area contributed by atoms with Crippen molar-refractivity contribution in [2.45, 2.75) is 42.7 Å². The molecule has 166 valence electrons. The van der Waals surface area contributed by atoms with E-state index in [2.05, 4.69) is 27.4 Å². The van der Waals surface area contributed by atoms with Crippen LogP contribution in [0.4, 0.5) is 10.8 Å². The van der Waals surface area contributed by atoms with E-state index in [0.717, 1.165) is 45.3 Å². The Bertz CT molecular complexity index is 1330. The number of fused-ring (bicyclic) bond motifs is 3. The Morgan fingerprint density at radius 2 is 2.12 bits per heavy atom. The fourth-order valence-electron chi connectivity index (χ4n) is 3.94. The molecule has 7 nitrogen and oxygen atoms in total. The van der Waals surface area contributed by atoms with Crippen molar-refractivity contribution in [2.24, 2.45) is 5.92 Å². The first-order valence-electron chi connectivity index (χ1n) is 10.5. The topological polar surface area (TPSA) is 92.8 Å².